The van der Waals surface area contributed by atoms with Crippen LogP contribution in [0.3, 0.4) is 0 Å². The molecule has 0 spiro atoms. The first kappa shape index (κ1) is 9.17. The van der Waals surface area contributed by atoms with Gasteiger partial charge in [0.25, 0.3) is 0 Å². The molecule has 0 fully saturated rings. The fraction of sp³-hybridized carbons (Fsp3) is 0.143. The van der Waals surface area contributed by atoms with Crippen molar-refractivity contribution in [2.45, 2.75) is 4.90 Å². The maximum Gasteiger partial charge on any atom is 0.166 e. The number of halogens is 1. The Hall–Kier alpha value is 0.0749. The summed E-state index contributed by atoms with van der Waals surface area (Å²) < 4.78 is 12.0. The zero-order valence-electron chi connectivity index (χ0n) is 6.43. The average Bonchev–Trinajstić information content (AvgIpc) is 1.94. The van der Waals surface area contributed by atoms with Gasteiger partial charge in [0, 0.05) is 0 Å². The molecule has 0 saturated heterocycles. The average molecular weight is 231 g/mol. The molecule has 0 amide bonds. The highest BCUT2D eigenvalue weighted by atomic mass is 79.9. The topological polar surface area (TPSA) is 23.1 Å². The SMILES string of the molecule is Bc1ccc(Br)c([S+](C)[O-])c1. The van der Waals surface area contributed by atoms with Crippen LogP contribution in [0.1, 0.15) is 0 Å². The third kappa shape index (κ3) is 2.25. The van der Waals surface area contributed by atoms with Gasteiger partial charge in [-0.3, -0.25) is 0 Å². The molecule has 0 aliphatic carbocycles. The Morgan fingerprint density at radius 2 is 2.18 bits per heavy atom. The highest BCUT2D eigenvalue weighted by Gasteiger charge is 2.08. The Morgan fingerprint density at radius 1 is 1.55 bits per heavy atom. The van der Waals surface area contributed by atoms with Gasteiger partial charge in [0.2, 0.25) is 0 Å². The van der Waals surface area contributed by atoms with Crippen molar-refractivity contribution < 1.29 is 4.55 Å². The predicted octanol–water partition coefficient (Wildman–Crippen LogP) is 0.445. The predicted molar refractivity (Wildman–Crippen MR) is 54.7 cm³/mol. The van der Waals surface area contributed by atoms with E-state index in [9.17, 15) is 4.55 Å². The number of rotatable bonds is 1. The van der Waals surface area contributed by atoms with Gasteiger partial charge in [-0.1, -0.05) is 11.5 Å². The van der Waals surface area contributed by atoms with E-state index in [0.29, 0.717) is 0 Å². The molecule has 1 atom stereocenters. The van der Waals surface area contributed by atoms with Gasteiger partial charge < -0.3 is 4.55 Å². The van der Waals surface area contributed by atoms with E-state index in [0.717, 1.165) is 14.8 Å². The molecule has 1 aromatic rings. The van der Waals surface area contributed by atoms with Crippen molar-refractivity contribution in [1.29, 1.82) is 0 Å². The van der Waals surface area contributed by atoms with Crippen molar-refractivity contribution in [3.05, 3.63) is 22.7 Å². The lowest BCUT2D eigenvalue weighted by atomic mass is 9.97. The van der Waals surface area contributed by atoms with Crippen LogP contribution in [0.2, 0.25) is 0 Å². The molecule has 1 nitrogen and oxygen atoms in total. The Balaban J connectivity index is 3.13. The standard InChI is InChI=1S/C7H8BBrOS/c1-11(10)7-4-5(8)2-3-6(7)9/h2-4H,8H2,1H3. The maximum atomic E-state index is 11.1. The number of benzene rings is 1. The van der Waals surface area contributed by atoms with Gasteiger partial charge in [-0.05, 0) is 39.2 Å². The van der Waals surface area contributed by atoms with Gasteiger partial charge in [-0.2, -0.15) is 0 Å². The molecule has 1 aromatic carbocycles. The third-order valence-electron chi connectivity index (χ3n) is 1.40. The summed E-state index contributed by atoms with van der Waals surface area (Å²) >= 11 is 2.44. The first-order chi connectivity index (χ1) is 5.11. The fourth-order valence-corrected chi connectivity index (χ4v) is 2.46. The first-order valence-electron chi connectivity index (χ1n) is 3.21. The zero-order chi connectivity index (χ0) is 8.43. The van der Waals surface area contributed by atoms with Crippen LogP contribution >= 0.6 is 15.9 Å². The van der Waals surface area contributed by atoms with Crippen LogP contribution < -0.4 is 5.46 Å². The molecule has 11 heavy (non-hydrogen) atoms. The highest BCUT2D eigenvalue weighted by Crippen LogP contribution is 2.19. The van der Waals surface area contributed by atoms with Crippen LogP contribution in [0.15, 0.2) is 27.6 Å². The minimum absolute atomic E-state index is 0.866. The highest BCUT2D eigenvalue weighted by molar-refractivity contribution is 9.10. The molecule has 0 heterocycles. The van der Waals surface area contributed by atoms with Crippen molar-refractivity contribution >= 4 is 40.4 Å². The second-order valence-corrected chi connectivity index (χ2v) is 4.59. The quantitative estimate of drug-likeness (QED) is 0.508. The van der Waals surface area contributed by atoms with Crippen LogP contribution in [0.25, 0.3) is 0 Å². The molecule has 0 saturated carbocycles. The minimum Gasteiger partial charge on any atom is -0.612 e. The van der Waals surface area contributed by atoms with E-state index in [2.05, 4.69) is 15.9 Å². The van der Waals surface area contributed by atoms with E-state index in [1.54, 1.807) is 6.26 Å². The van der Waals surface area contributed by atoms with Crippen LogP contribution in [0, 0.1) is 0 Å². The molecule has 0 radical (unpaired) electrons. The van der Waals surface area contributed by atoms with E-state index in [4.69, 9.17) is 0 Å². The van der Waals surface area contributed by atoms with E-state index < -0.39 is 11.2 Å². The summed E-state index contributed by atoms with van der Waals surface area (Å²) in [7, 11) is 1.99. The van der Waals surface area contributed by atoms with E-state index >= 15 is 0 Å². The van der Waals surface area contributed by atoms with Gasteiger partial charge in [-0.25, -0.2) is 0 Å². The van der Waals surface area contributed by atoms with Gasteiger partial charge in [-0.15, -0.1) is 0 Å². The molecular formula is C7H8BBrOS. The Bertz CT molecular complexity index is 265. The Kier molecular flexibility index (Phi) is 3.04. The fourth-order valence-electron chi connectivity index (χ4n) is 0.831. The first-order valence-corrected chi connectivity index (χ1v) is 5.56. The number of hydrogen-bond donors (Lipinski definition) is 0. The molecule has 0 bridgehead atoms. The van der Waals surface area contributed by atoms with Crippen LogP contribution in [0.5, 0.6) is 0 Å². The molecule has 0 aliphatic rings. The van der Waals surface area contributed by atoms with Crippen molar-refractivity contribution in [3.8, 4) is 0 Å². The molecule has 1 unspecified atom stereocenters. The van der Waals surface area contributed by atoms with E-state index in [-0.39, 0.29) is 0 Å². The maximum absolute atomic E-state index is 11.1. The van der Waals surface area contributed by atoms with E-state index in [1.807, 2.05) is 26.0 Å². The largest absolute Gasteiger partial charge is 0.612 e. The zero-order valence-corrected chi connectivity index (χ0v) is 8.83. The van der Waals surface area contributed by atoms with Gasteiger partial charge >= 0.3 is 0 Å². The summed E-state index contributed by atoms with van der Waals surface area (Å²) in [5, 5.41) is 0. The summed E-state index contributed by atoms with van der Waals surface area (Å²) in [6.07, 6.45) is 1.68. The summed E-state index contributed by atoms with van der Waals surface area (Å²) in [5.74, 6) is 0. The van der Waals surface area contributed by atoms with Crippen molar-refractivity contribution in [2.24, 2.45) is 0 Å². The minimum atomic E-state index is -0.898. The molecular weight excluding hydrogens is 223 g/mol. The van der Waals surface area contributed by atoms with Crippen molar-refractivity contribution in [3.63, 3.8) is 0 Å². The lowest BCUT2D eigenvalue weighted by Gasteiger charge is -2.06. The van der Waals surface area contributed by atoms with E-state index in [1.165, 1.54) is 0 Å². The second-order valence-electron chi connectivity index (χ2n) is 2.39. The summed E-state index contributed by atoms with van der Waals surface area (Å²) in [6.45, 7) is 0. The molecule has 4 heteroatoms. The molecule has 58 valence electrons. The molecule has 0 aliphatic heterocycles. The second kappa shape index (κ2) is 3.65. The molecule has 0 aromatic heterocycles. The van der Waals surface area contributed by atoms with Crippen molar-refractivity contribution in [2.75, 3.05) is 6.26 Å². The van der Waals surface area contributed by atoms with Crippen molar-refractivity contribution in [1.82, 2.24) is 0 Å². The monoisotopic (exact) mass is 230 g/mol. The lowest BCUT2D eigenvalue weighted by molar-refractivity contribution is 0.600. The third-order valence-corrected chi connectivity index (χ3v) is 3.31. The lowest BCUT2D eigenvalue weighted by Crippen LogP contribution is -2.07. The smallest absolute Gasteiger partial charge is 0.166 e. The summed E-state index contributed by atoms with van der Waals surface area (Å²) in [4.78, 5) is 0.866. The Morgan fingerprint density at radius 3 is 2.64 bits per heavy atom. The molecule has 1 rings (SSSR count). The Labute approximate surface area is 78.9 Å². The summed E-state index contributed by atoms with van der Waals surface area (Å²) in [5.41, 5.74) is 1.14. The van der Waals surface area contributed by atoms with Gasteiger partial charge in [0.15, 0.2) is 4.90 Å². The van der Waals surface area contributed by atoms with Gasteiger partial charge in [0.05, 0.1) is 4.47 Å². The van der Waals surface area contributed by atoms with Crippen LogP contribution in [-0.4, -0.2) is 18.7 Å². The molecule has 0 N–H and O–H groups in total. The summed E-state index contributed by atoms with van der Waals surface area (Å²) in [6, 6.07) is 5.84. The van der Waals surface area contributed by atoms with Crippen LogP contribution in [-0.2, 0) is 11.2 Å². The van der Waals surface area contributed by atoms with Crippen LogP contribution in [0.4, 0.5) is 0 Å². The normalized spacial score (nSPS) is 13.0. The van der Waals surface area contributed by atoms with Gasteiger partial charge in [0.1, 0.15) is 14.1 Å². The number of hydrogen-bond acceptors (Lipinski definition) is 1.